The molecule has 1 heterocycles. The third-order valence-corrected chi connectivity index (χ3v) is 4.46. The quantitative estimate of drug-likeness (QED) is 0.561. The summed E-state index contributed by atoms with van der Waals surface area (Å²) in [5.41, 5.74) is 2.72. The van der Waals surface area contributed by atoms with Crippen LogP contribution in [0.1, 0.15) is 21.7 Å². The molecule has 0 fully saturated rings. The third-order valence-electron chi connectivity index (χ3n) is 3.92. The number of anilines is 1. The molecule has 1 aromatic heterocycles. The summed E-state index contributed by atoms with van der Waals surface area (Å²) in [6, 6.07) is 15.9. The van der Waals surface area contributed by atoms with Crippen LogP contribution in [0, 0.1) is 6.92 Å². The van der Waals surface area contributed by atoms with Crippen molar-refractivity contribution in [2.75, 3.05) is 5.32 Å². The van der Waals surface area contributed by atoms with Gasteiger partial charge in [0.25, 0.3) is 5.91 Å². The van der Waals surface area contributed by atoms with E-state index >= 15 is 0 Å². The van der Waals surface area contributed by atoms with Gasteiger partial charge in [0.2, 0.25) is 0 Å². The van der Waals surface area contributed by atoms with Gasteiger partial charge in [0.15, 0.2) is 5.11 Å². The number of aliphatic hydroxyl groups is 1. The molecular weight excluding hydrogens is 384 g/mol. The summed E-state index contributed by atoms with van der Waals surface area (Å²) in [6.45, 7) is 1.67. The molecule has 3 N–H and O–H groups in total. The van der Waals surface area contributed by atoms with Crippen molar-refractivity contribution < 1.29 is 14.3 Å². The third kappa shape index (κ3) is 4.54. The molecule has 3 rings (SSSR count). The van der Waals surface area contributed by atoms with Gasteiger partial charge in [-0.15, -0.1) is 0 Å². The van der Waals surface area contributed by atoms with Crippen LogP contribution in [0.15, 0.2) is 59.0 Å². The van der Waals surface area contributed by atoms with E-state index in [-0.39, 0.29) is 17.6 Å². The number of rotatable bonds is 4. The van der Waals surface area contributed by atoms with Crippen LogP contribution in [0.3, 0.4) is 0 Å². The molecule has 0 aliphatic rings. The second-order valence-electron chi connectivity index (χ2n) is 5.84. The molecule has 2 aromatic carbocycles. The Hall–Kier alpha value is -2.67. The molecule has 3 aromatic rings. The Labute approximate surface area is 167 Å². The molecule has 7 heteroatoms. The molecule has 0 atom stereocenters. The van der Waals surface area contributed by atoms with Crippen LogP contribution in [0.25, 0.3) is 11.3 Å². The van der Waals surface area contributed by atoms with Crippen LogP contribution in [0.2, 0.25) is 5.02 Å². The molecule has 1 amide bonds. The lowest BCUT2D eigenvalue weighted by Gasteiger charge is -2.12. The fourth-order valence-electron chi connectivity index (χ4n) is 2.56. The summed E-state index contributed by atoms with van der Waals surface area (Å²) in [6.07, 6.45) is 0. The number of hydrogen-bond donors (Lipinski definition) is 3. The molecule has 0 unspecified atom stereocenters. The van der Waals surface area contributed by atoms with E-state index < -0.39 is 0 Å². The van der Waals surface area contributed by atoms with Crippen molar-refractivity contribution in [3.8, 4) is 11.3 Å². The van der Waals surface area contributed by atoms with E-state index in [0.29, 0.717) is 33.4 Å². The van der Waals surface area contributed by atoms with Crippen molar-refractivity contribution in [3.63, 3.8) is 0 Å². The van der Waals surface area contributed by atoms with Gasteiger partial charge in [-0.05, 0) is 61.1 Å². The fraction of sp³-hybridized carbons (Fsp3) is 0.100. The van der Waals surface area contributed by atoms with Crippen molar-refractivity contribution in [1.82, 2.24) is 5.32 Å². The van der Waals surface area contributed by atoms with Gasteiger partial charge in [-0.3, -0.25) is 10.1 Å². The summed E-state index contributed by atoms with van der Waals surface area (Å²) in [7, 11) is 0. The second-order valence-corrected chi connectivity index (χ2v) is 6.66. The highest BCUT2D eigenvalue weighted by atomic mass is 35.5. The van der Waals surface area contributed by atoms with E-state index in [1.807, 2.05) is 19.1 Å². The van der Waals surface area contributed by atoms with Crippen molar-refractivity contribution in [3.05, 3.63) is 76.5 Å². The highest BCUT2D eigenvalue weighted by Crippen LogP contribution is 2.32. The number of furan rings is 1. The maximum atomic E-state index is 12.3. The van der Waals surface area contributed by atoms with E-state index in [4.69, 9.17) is 33.3 Å². The van der Waals surface area contributed by atoms with E-state index in [1.165, 1.54) is 0 Å². The molecule has 0 bridgehead atoms. The Morgan fingerprint density at radius 3 is 2.67 bits per heavy atom. The first-order valence-corrected chi connectivity index (χ1v) is 8.94. The van der Waals surface area contributed by atoms with Crippen molar-refractivity contribution in [1.29, 1.82) is 0 Å². The van der Waals surface area contributed by atoms with Crippen LogP contribution < -0.4 is 10.6 Å². The summed E-state index contributed by atoms with van der Waals surface area (Å²) in [5.74, 6) is 0.696. The standard InChI is InChI=1S/C20H17ClN2O3S/c1-12-4-2-3-5-15(12)19(25)23-20(27)22-13-6-8-17(21)16(10-13)18-9-7-14(11-24)26-18/h2-10,24H,11H2,1H3,(H2,22,23,25,27). The summed E-state index contributed by atoms with van der Waals surface area (Å²) in [4.78, 5) is 12.3. The Balaban J connectivity index is 1.74. The zero-order chi connectivity index (χ0) is 19.4. The van der Waals surface area contributed by atoms with Crippen LogP contribution in [0.4, 0.5) is 5.69 Å². The van der Waals surface area contributed by atoms with E-state index in [1.54, 1.807) is 42.5 Å². The SMILES string of the molecule is Cc1ccccc1C(=O)NC(=S)Nc1ccc(Cl)c(-c2ccc(CO)o2)c1. The number of benzene rings is 2. The number of halogens is 1. The highest BCUT2D eigenvalue weighted by molar-refractivity contribution is 7.80. The summed E-state index contributed by atoms with van der Waals surface area (Å²) >= 11 is 11.5. The Bertz CT molecular complexity index is 1000. The molecule has 0 radical (unpaired) electrons. The molecule has 5 nitrogen and oxygen atoms in total. The first-order valence-electron chi connectivity index (χ1n) is 8.15. The Morgan fingerprint density at radius 1 is 1.19 bits per heavy atom. The normalized spacial score (nSPS) is 10.5. The number of carbonyl (C=O) groups is 1. The number of amides is 1. The monoisotopic (exact) mass is 400 g/mol. The first-order chi connectivity index (χ1) is 13.0. The highest BCUT2D eigenvalue weighted by Gasteiger charge is 2.12. The van der Waals surface area contributed by atoms with Gasteiger partial charge >= 0.3 is 0 Å². The largest absolute Gasteiger partial charge is 0.459 e. The van der Waals surface area contributed by atoms with E-state index in [2.05, 4.69) is 10.6 Å². The van der Waals surface area contributed by atoms with Crippen molar-refractivity contribution >= 4 is 40.5 Å². The van der Waals surface area contributed by atoms with Gasteiger partial charge in [-0.25, -0.2) is 0 Å². The van der Waals surface area contributed by atoms with Crippen LogP contribution >= 0.6 is 23.8 Å². The summed E-state index contributed by atoms with van der Waals surface area (Å²) < 4.78 is 5.53. The molecule has 0 aliphatic heterocycles. The number of nitrogens with one attached hydrogen (secondary N) is 2. The van der Waals surface area contributed by atoms with Gasteiger partial charge in [-0.2, -0.15) is 0 Å². The number of aryl methyl sites for hydroxylation is 1. The molecule has 0 saturated carbocycles. The van der Waals surface area contributed by atoms with E-state index in [9.17, 15) is 4.79 Å². The lowest BCUT2D eigenvalue weighted by Crippen LogP contribution is -2.34. The number of hydrogen-bond acceptors (Lipinski definition) is 4. The van der Waals surface area contributed by atoms with E-state index in [0.717, 1.165) is 5.56 Å². The van der Waals surface area contributed by atoms with Gasteiger partial charge in [-0.1, -0.05) is 29.8 Å². The Kier molecular flexibility index (Phi) is 5.91. The lowest BCUT2D eigenvalue weighted by atomic mass is 10.1. The molecule has 0 aliphatic carbocycles. The van der Waals surface area contributed by atoms with Crippen LogP contribution in [0.5, 0.6) is 0 Å². The number of thiocarbonyl (C=S) groups is 1. The predicted octanol–water partition coefficient (Wildman–Crippen LogP) is 4.53. The fourth-order valence-corrected chi connectivity index (χ4v) is 2.98. The minimum absolute atomic E-state index is 0.173. The molecule has 0 saturated heterocycles. The average molecular weight is 401 g/mol. The van der Waals surface area contributed by atoms with Crippen molar-refractivity contribution in [2.24, 2.45) is 0 Å². The second kappa shape index (κ2) is 8.35. The lowest BCUT2D eigenvalue weighted by molar-refractivity contribution is 0.0977. The first kappa shape index (κ1) is 19.1. The molecule has 138 valence electrons. The smallest absolute Gasteiger partial charge is 0.257 e. The predicted molar refractivity (Wildman–Crippen MR) is 110 cm³/mol. The number of carbonyl (C=O) groups excluding carboxylic acids is 1. The van der Waals surface area contributed by atoms with Crippen LogP contribution in [-0.2, 0) is 6.61 Å². The minimum Gasteiger partial charge on any atom is -0.459 e. The Morgan fingerprint density at radius 2 is 1.96 bits per heavy atom. The topological polar surface area (TPSA) is 74.5 Å². The molecule has 0 spiro atoms. The average Bonchev–Trinajstić information content (AvgIpc) is 3.12. The van der Waals surface area contributed by atoms with Crippen molar-refractivity contribution in [2.45, 2.75) is 13.5 Å². The maximum absolute atomic E-state index is 12.3. The maximum Gasteiger partial charge on any atom is 0.257 e. The summed E-state index contributed by atoms with van der Waals surface area (Å²) in [5, 5.41) is 15.4. The van der Waals surface area contributed by atoms with Gasteiger partial charge in [0, 0.05) is 16.8 Å². The minimum atomic E-state index is -0.279. The zero-order valence-electron chi connectivity index (χ0n) is 14.5. The zero-order valence-corrected chi connectivity index (χ0v) is 16.0. The number of aliphatic hydroxyl groups excluding tert-OH is 1. The van der Waals surface area contributed by atoms with Gasteiger partial charge < -0.3 is 14.8 Å². The van der Waals surface area contributed by atoms with Gasteiger partial charge in [0.05, 0.1) is 5.02 Å². The van der Waals surface area contributed by atoms with Crippen LogP contribution in [-0.4, -0.2) is 16.1 Å². The molecular formula is C20H17ClN2O3S. The van der Waals surface area contributed by atoms with Gasteiger partial charge in [0.1, 0.15) is 18.1 Å². The molecule has 27 heavy (non-hydrogen) atoms.